The van der Waals surface area contributed by atoms with Gasteiger partial charge >= 0.3 is 0 Å². The Morgan fingerprint density at radius 1 is 1.32 bits per heavy atom. The molecular weight excluding hydrogens is 276 g/mol. The number of aromatic nitrogens is 3. The van der Waals surface area contributed by atoms with Crippen molar-refractivity contribution >= 4 is 0 Å². The first-order chi connectivity index (χ1) is 10.8. The van der Waals surface area contributed by atoms with Crippen LogP contribution in [0.5, 0.6) is 0 Å². The molecule has 2 fully saturated rings. The largest absolute Gasteiger partial charge is 0.370 e. The molecule has 0 N–H and O–H groups in total. The van der Waals surface area contributed by atoms with E-state index in [1.807, 2.05) is 42.3 Å². The van der Waals surface area contributed by atoms with Crippen LogP contribution in [0.1, 0.15) is 24.1 Å². The minimum atomic E-state index is 0.360. The number of nitrogens with zero attached hydrogens (tertiary/aromatic N) is 4. The van der Waals surface area contributed by atoms with E-state index in [4.69, 9.17) is 4.74 Å². The fraction of sp³-hybridized carbons (Fsp3) is 0.529. The molecule has 3 atom stereocenters. The molecule has 116 valence electrons. The highest BCUT2D eigenvalue weighted by atomic mass is 16.5. The Hall–Kier alpha value is -1.72. The first-order valence-corrected chi connectivity index (χ1v) is 8.02. The molecule has 2 aliphatic rings. The Balaban J connectivity index is 1.38. The van der Waals surface area contributed by atoms with Crippen molar-refractivity contribution in [3.8, 4) is 0 Å². The number of pyridine rings is 1. The molecule has 1 aliphatic carbocycles. The Morgan fingerprint density at radius 2 is 2.27 bits per heavy atom. The second kappa shape index (κ2) is 5.82. The Morgan fingerprint density at radius 3 is 3.05 bits per heavy atom. The minimum absolute atomic E-state index is 0.360. The molecule has 0 spiro atoms. The average Bonchev–Trinajstić information content (AvgIpc) is 3.21. The van der Waals surface area contributed by atoms with Crippen LogP contribution < -0.4 is 0 Å². The topological polar surface area (TPSA) is 43.2 Å². The quantitative estimate of drug-likeness (QED) is 0.847. The molecule has 0 aromatic carbocycles. The summed E-state index contributed by atoms with van der Waals surface area (Å²) in [5.41, 5.74) is 2.31. The molecule has 0 radical (unpaired) electrons. The predicted octanol–water partition coefficient (Wildman–Crippen LogP) is 1.99. The summed E-state index contributed by atoms with van der Waals surface area (Å²) < 4.78 is 8.10. The van der Waals surface area contributed by atoms with Crippen molar-refractivity contribution in [3.63, 3.8) is 0 Å². The summed E-state index contributed by atoms with van der Waals surface area (Å²) >= 11 is 0. The molecule has 3 heterocycles. The predicted molar refractivity (Wildman–Crippen MR) is 82.9 cm³/mol. The van der Waals surface area contributed by atoms with E-state index < -0.39 is 0 Å². The van der Waals surface area contributed by atoms with Crippen LogP contribution in [0, 0.1) is 5.92 Å². The van der Waals surface area contributed by atoms with Gasteiger partial charge in [0.25, 0.3) is 0 Å². The van der Waals surface area contributed by atoms with Gasteiger partial charge in [-0.15, -0.1) is 0 Å². The van der Waals surface area contributed by atoms with Gasteiger partial charge in [0, 0.05) is 44.1 Å². The van der Waals surface area contributed by atoms with E-state index in [2.05, 4.69) is 21.2 Å². The number of aryl methyl sites for hydroxylation is 1. The van der Waals surface area contributed by atoms with E-state index >= 15 is 0 Å². The molecule has 4 rings (SSSR count). The van der Waals surface area contributed by atoms with Crippen molar-refractivity contribution in [2.75, 3.05) is 6.54 Å². The summed E-state index contributed by atoms with van der Waals surface area (Å²) in [6.07, 6.45) is 8.81. The fourth-order valence-corrected chi connectivity index (χ4v) is 3.93. The van der Waals surface area contributed by atoms with Gasteiger partial charge < -0.3 is 4.74 Å². The number of likely N-dealkylation sites (tertiary alicyclic amines) is 1. The number of ether oxygens (including phenoxy) is 1. The van der Waals surface area contributed by atoms with E-state index in [0.29, 0.717) is 24.7 Å². The second-order valence-corrected chi connectivity index (χ2v) is 6.45. The molecule has 5 nitrogen and oxygen atoms in total. The van der Waals surface area contributed by atoms with Gasteiger partial charge in [-0.25, -0.2) is 0 Å². The lowest BCUT2D eigenvalue weighted by atomic mass is 10.1. The van der Waals surface area contributed by atoms with Crippen LogP contribution in [0.3, 0.4) is 0 Å². The third-order valence-corrected chi connectivity index (χ3v) is 4.91. The number of hydrogen-bond acceptors (Lipinski definition) is 4. The third kappa shape index (κ3) is 2.66. The van der Waals surface area contributed by atoms with Gasteiger partial charge in [0.15, 0.2) is 0 Å². The van der Waals surface area contributed by atoms with E-state index in [0.717, 1.165) is 18.8 Å². The van der Waals surface area contributed by atoms with Crippen LogP contribution in [0.25, 0.3) is 0 Å². The fourth-order valence-electron chi connectivity index (χ4n) is 3.93. The van der Waals surface area contributed by atoms with Gasteiger partial charge in [-0.05, 0) is 30.9 Å². The van der Waals surface area contributed by atoms with Gasteiger partial charge in [-0.2, -0.15) is 5.10 Å². The summed E-state index contributed by atoms with van der Waals surface area (Å²) in [7, 11) is 1.97. The van der Waals surface area contributed by atoms with Crippen molar-refractivity contribution in [2.45, 2.75) is 38.1 Å². The van der Waals surface area contributed by atoms with Gasteiger partial charge in [0.05, 0.1) is 24.6 Å². The van der Waals surface area contributed by atoms with Crippen molar-refractivity contribution < 1.29 is 4.74 Å². The lowest BCUT2D eigenvalue weighted by Gasteiger charge is -2.26. The Labute approximate surface area is 130 Å². The van der Waals surface area contributed by atoms with Crippen LogP contribution in [0.4, 0.5) is 0 Å². The van der Waals surface area contributed by atoms with Crippen molar-refractivity contribution in [1.29, 1.82) is 0 Å². The molecule has 1 saturated heterocycles. The zero-order valence-electron chi connectivity index (χ0n) is 12.9. The maximum absolute atomic E-state index is 6.22. The van der Waals surface area contributed by atoms with Crippen LogP contribution in [0.15, 0.2) is 36.8 Å². The lowest BCUT2D eigenvalue weighted by Crippen LogP contribution is -2.34. The molecule has 5 heteroatoms. The zero-order chi connectivity index (χ0) is 14.9. The molecular formula is C17H22N4O. The Bertz CT molecular complexity index is 627. The number of hydrogen-bond donors (Lipinski definition) is 0. The maximum Gasteiger partial charge on any atom is 0.0892 e. The van der Waals surface area contributed by atoms with Crippen LogP contribution >= 0.6 is 0 Å². The summed E-state index contributed by atoms with van der Waals surface area (Å²) in [6, 6.07) is 6.54. The standard InChI is InChI=1S/C17H22N4O/c1-20-9-13(8-19-20)10-21-11-14-5-6-16(21)17(14)22-12-15-4-2-3-7-18-15/h2-4,7-9,14,16-17H,5-6,10-12H2,1H3/t14-,16+,17+/m1/s1. The average molecular weight is 298 g/mol. The zero-order valence-corrected chi connectivity index (χ0v) is 12.9. The van der Waals surface area contributed by atoms with Gasteiger partial charge in [0.2, 0.25) is 0 Å². The summed E-state index contributed by atoms with van der Waals surface area (Å²) in [4.78, 5) is 6.91. The van der Waals surface area contributed by atoms with Gasteiger partial charge in [-0.3, -0.25) is 14.6 Å². The SMILES string of the molecule is Cn1cc(CN2C[C@H]3CC[C@H]2[C@H]3OCc2ccccn2)cn1. The third-order valence-electron chi connectivity index (χ3n) is 4.91. The van der Waals surface area contributed by atoms with Gasteiger partial charge in [-0.1, -0.05) is 6.07 Å². The first-order valence-electron chi connectivity index (χ1n) is 8.02. The maximum atomic E-state index is 6.22. The first kappa shape index (κ1) is 13.9. The molecule has 2 aromatic rings. The van der Waals surface area contributed by atoms with Crippen molar-refractivity contribution in [3.05, 3.63) is 48.0 Å². The van der Waals surface area contributed by atoms with E-state index in [-0.39, 0.29) is 0 Å². The van der Waals surface area contributed by atoms with Crippen LogP contribution in [-0.2, 0) is 24.9 Å². The summed E-state index contributed by atoms with van der Waals surface area (Å²) in [6.45, 7) is 2.75. The molecule has 1 saturated carbocycles. The minimum Gasteiger partial charge on any atom is -0.370 e. The number of piperidine rings is 1. The summed E-state index contributed by atoms with van der Waals surface area (Å²) in [5.74, 6) is 0.672. The highest BCUT2D eigenvalue weighted by Crippen LogP contribution is 2.40. The monoisotopic (exact) mass is 298 g/mol. The number of rotatable bonds is 5. The molecule has 22 heavy (non-hydrogen) atoms. The smallest absolute Gasteiger partial charge is 0.0892 e. The lowest BCUT2D eigenvalue weighted by molar-refractivity contribution is 0.0138. The molecule has 2 bridgehead atoms. The molecule has 0 unspecified atom stereocenters. The van der Waals surface area contributed by atoms with E-state index in [1.165, 1.54) is 18.4 Å². The van der Waals surface area contributed by atoms with Gasteiger partial charge in [0.1, 0.15) is 0 Å². The van der Waals surface area contributed by atoms with Crippen molar-refractivity contribution in [2.24, 2.45) is 13.0 Å². The van der Waals surface area contributed by atoms with Crippen molar-refractivity contribution in [1.82, 2.24) is 19.7 Å². The normalized spacial score (nSPS) is 27.6. The molecule has 2 aromatic heterocycles. The van der Waals surface area contributed by atoms with E-state index in [1.54, 1.807) is 0 Å². The summed E-state index contributed by atoms with van der Waals surface area (Å²) in [5, 5.41) is 4.27. The van der Waals surface area contributed by atoms with E-state index in [9.17, 15) is 0 Å². The van der Waals surface area contributed by atoms with Crippen LogP contribution in [0.2, 0.25) is 0 Å². The van der Waals surface area contributed by atoms with Crippen LogP contribution in [-0.4, -0.2) is 38.4 Å². The molecule has 0 amide bonds. The highest BCUT2D eigenvalue weighted by Gasteiger charge is 2.47. The molecule has 1 aliphatic heterocycles. The highest BCUT2D eigenvalue weighted by molar-refractivity contribution is 5.09. The Kier molecular flexibility index (Phi) is 3.68. The second-order valence-electron chi connectivity index (χ2n) is 6.45. The number of fused-ring (bicyclic) bond motifs is 2.